The van der Waals surface area contributed by atoms with Gasteiger partial charge in [-0.1, -0.05) is 42.5 Å². The summed E-state index contributed by atoms with van der Waals surface area (Å²) in [6.45, 7) is 4.93. The van der Waals surface area contributed by atoms with Crippen LogP contribution in [-0.2, 0) is 4.79 Å². The fourth-order valence-electron chi connectivity index (χ4n) is 3.07. The minimum absolute atomic E-state index is 0.0651. The van der Waals surface area contributed by atoms with Crippen molar-refractivity contribution in [2.45, 2.75) is 6.92 Å². The van der Waals surface area contributed by atoms with Gasteiger partial charge in [-0.05, 0) is 30.2 Å². The maximum absolute atomic E-state index is 12.8. The predicted octanol–water partition coefficient (Wildman–Crippen LogP) is 2.70. The molecule has 1 aliphatic rings. The molecule has 0 aliphatic carbocycles. The lowest BCUT2D eigenvalue weighted by atomic mass is 10.0. The van der Waals surface area contributed by atoms with E-state index in [9.17, 15) is 9.59 Å². The standard InChI is InChI=1S/C20H22N2O2/c1-16(23)15-21-10-12-22(13-11-21)20(24)19-9-5-8-18(14-19)17-6-3-2-4-7-17/h2-9,14H,10-13,15H2,1H3. The number of nitrogens with zero attached hydrogens (tertiary/aromatic N) is 2. The minimum atomic E-state index is 0.0651. The maximum Gasteiger partial charge on any atom is 0.253 e. The van der Waals surface area contributed by atoms with Gasteiger partial charge in [0.2, 0.25) is 0 Å². The van der Waals surface area contributed by atoms with Gasteiger partial charge < -0.3 is 4.90 Å². The lowest BCUT2D eigenvalue weighted by molar-refractivity contribution is -0.118. The fourth-order valence-corrected chi connectivity index (χ4v) is 3.07. The van der Waals surface area contributed by atoms with Gasteiger partial charge in [-0.2, -0.15) is 0 Å². The van der Waals surface area contributed by atoms with Crippen molar-refractivity contribution in [2.75, 3.05) is 32.7 Å². The molecule has 0 aromatic heterocycles. The molecular formula is C20H22N2O2. The van der Waals surface area contributed by atoms with Crippen LogP contribution in [0.15, 0.2) is 54.6 Å². The number of hydrogen-bond donors (Lipinski definition) is 0. The van der Waals surface area contributed by atoms with Crippen LogP contribution < -0.4 is 0 Å². The first-order valence-electron chi connectivity index (χ1n) is 8.30. The summed E-state index contributed by atoms with van der Waals surface area (Å²) in [5.74, 6) is 0.237. The van der Waals surface area contributed by atoms with Crippen LogP contribution in [0.1, 0.15) is 17.3 Å². The Labute approximate surface area is 142 Å². The van der Waals surface area contributed by atoms with E-state index in [0.717, 1.165) is 29.8 Å². The topological polar surface area (TPSA) is 40.6 Å². The molecule has 4 nitrogen and oxygen atoms in total. The molecule has 0 saturated carbocycles. The molecule has 2 aromatic carbocycles. The van der Waals surface area contributed by atoms with Gasteiger partial charge in [0.1, 0.15) is 5.78 Å². The van der Waals surface area contributed by atoms with Gasteiger partial charge in [-0.15, -0.1) is 0 Å². The van der Waals surface area contributed by atoms with Crippen LogP contribution in [0.3, 0.4) is 0 Å². The first kappa shape index (κ1) is 16.4. The predicted molar refractivity (Wildman–Crippen MR) is 94.9 cm³/mol. The number of rotatable bonds is 4. The molecule has 3 rings (SSSR count). The van der Waals surface area contributed by atoms with Gasteiger partial charge in [-0.3, -0.25) is 14.5 Å². The van der Waals surface area contributed by atoms with Crippen molar-refractivity contribution in [3.63, 3.8) is 0 Å². The lowest BCUT2D eigenvalue weighted by Crippen LogP contribution is -2.49. The van der Waals surface area contributed by atoms with E-state index in [-0.39, 0.29) is 11.7 Å². The largest absolute Gasteiger partial charge is 0.336 e. The number of amides is 1. The number of carbonyl (C=O) groups excluding carboxylic acids is 2. The lowest BCUT2D eigenvalue weighted by Gasteiger charge is -2.34. The highest BCUT2D eigenvalue weighted by Crippen LogP contribution is 2.21. The van der Waals surface area contributed by atoms with Crippen LogP contribution in [-0.4, -0.2) is 54.2 Å². The molecule has 0 atom stereocenters. The third-order valence-electron chi connectivity index (χ3n) is 4.32. The number of ketones is 1. The molecule has 0 spiro atoms. The Morgan fingerprint density at radius 1 is 0.875 bits per heavy atom. The van der Waals surface area contributed by atoms with Crippen LogP contribution in [0.25, 0.3) is 11.1 Å². The Bertz CT molecular complexity index is 719. The highest BCUT2D eigenvalue weighted by atomic mass is 16.2. The number of benzene rings is 2. The molecule has 4 heteroatoms. The normalized spacial score (nSPS) is 15.3. The molecule has 1 aliphatic heterocycles. The molecule has 1 heterocycles. The summed E-state index contributed by atoms with van der Waals surface area (Å²) in [6.07, 6.45) is 0. The molecule has 1 fully saturated rings. The Hall–Kier alpha value is -2.46. The van der Waals surface area contributed by atoms with Crippen LogP contribution in [0.5, 0.6) is 0 Å². The SMILES string of the molecule is CC(=O)CN1CCN(C(=O)c2cccc(-c3ccccc3)c2)CC1. The average molecular weight is 322 g/mol. The van der Waals surface area contributed by atoms with Gasteiger partial charge in [0.05, 0.1) is 6.54 Å². The molecule has 0 radical (unpaired) electrons. The van der Waals surface area contributed by atoms with Crippen molar-refractivity contribution in [2.24, 2.45) is 0 Å². The van der Waals surface area contributed by atoms with Crippen molar-refractivity contribution in [1.29, 1.82) is 0 Å². The summed E-state index contributed by atoms with van der Waals surface area (Å²) in [4.78, 5) is 27.9. The summed E-state index contributed by atoms with van der Waals surface area (Å²) in [5.41, 5.74) is 2.88. The number of hydrogen-bond acceptors (Lipinski definition) is 3. The van der Waals surface area contributed by atoms with E-state index in [2.05, 4.69) is 4.90 Å². The van der Waals surface area contributed by atoms with Gasteiger partial charge in [0.15, 0.2) is 0 Å². The molecule has 0 unspecified atom stereocenters. The second kappa shape index (κ2) is 7.41. The summed E-state index contributed by atoms with van der Waals surface area (Å²) < 4.78 is 0. The van der Waals surface area contributed by atoms with E-state index < -0.39 is 0 Å². The minimum Gasteiger partial charge on any atom is -0.336 e. The van der Waals surface area contributed by atoms with Crippen molar-refractivity contribution < 1.29 is 9.59 Å². The molecule has 2 aromatic rings. The van der Waals surface area contributed by atoms with Crippen LogP contribution in [0.2, 0.25) is 0 Å². The first-order valence-corrected chi connectivity index (χ1v) is 8.30. The van der Waals surface area contributed by atoms with E-state index >= 15 is 0 Å². The molecule has 1 saturated heterocycles. The Balaban J connectivity index is 1.69. The van der Waals surface area contributed by atoms with Crippen LogP contribution in [0.4, 0.5) is 0 Å². The van der Waals surface area contributed by atoms with Gasteiger partial charge in [0.25, 0.3) is 5.91 Å². The van der Waals surface area contributed by atoms with Crippen molar-refractivity contribution >= 4 is 11.7 Å². The van der Waals surface area contributed by atoms with Crippen molar-refractivity contribution in [3.8, 4) is 11.1 Å². The quantitative estimate of drug-likeness (QED) is 0.869. The number of piperazine rings is 1. The van der Waals surface area contributed by atoms with Gasteiger partial charge in [-0.25, -0.2) is 0 Å². The molecule has 1 amide bonds. The summed E-state index contributed by atoms with van der Waals surface area (Å²) >= 11 is 0. The third kappa shape index (κ3) is 3.89. The van der Waals surface area contributed by atoms with E-state index in [4.69, 9.17) is 0 Å². The summed E-state index contributed by atoms with van der Waals surface area (Å²) in [5, 5.41) is 0. The highest BCUT2D eigenvalue weighted by molar-refractivity contribution is 5.95. The second-order valence-electron chi connectivity index (χ2n) is 6.22. The molecule has 0 N–H and O–H groups in total. The smallest absolute Gasteiger partial charge is 0.253 e. The summed E-state index contributed by atoms with van der Waals surface area (Å²) in [7, 11) is 0. The second-order valence-corrected chi connectivity index (χ2v) is 6.22. The monoisotopic (exact) mass is 322 g/mol. The fraction of sp³-hybridized carbons (Fsp3) is 0.300. The van der Waals surface area contributed by atoms with Crippen LogP contribution in [0, 0.1) is 0 Å². The van der Waals surface area contributed by atoms with Crippen LogP contribution >= 0.6 is 0 Å². The summed E-state index contributed by atoms with van der Waals surface area (Å²) in [6, 6.07) is 17.9. The highest BCUT2D eigenvalue weighted by Gasteiger charge is 2.22. The van der Waals surface area contributed by atoms with Crippen molar-refractivity contribution in [3.05, 3.63) is 60.2 Å². The Morgan fingerprint density at radius 2 is 1.54 bits per heavy atom. The molecule has 124 valence electrons. The van der Waals surface area contributed by atoms with Gasteiger partial charge in [0, 0.05) is 31.7 Å². The Kier molecular flexibility index (Phi) is 5.06. The average Bonchev–Trinajstić information content (AvgIpc) is 2.62. The Morgan fingerprint density at radius 3 is 2.21 bits per heavy atom. The van der Waals surface area contributed by atoms with Crippen molar-refractivity contribution in [1.82, 2.24) is 9.80 Å². The molecule has 24 heavy (non-hydrogen) atoms. The van der Waals surface area contributed by atoms with E-state index in [1.165, 1.54) is 0 Å². The van der Waals surface area contributed by atoms with E-state index in [0.29, 0.717) is 19.6 Å². The first-order chi connectivity index (χ1) is 11.6. The van der Waals surface area contributed by atoms with E-state index in [1.807, 2.05) is 59.5 Å². The van der Waals surface area contributed by atoms with E-state index in [1.54, 1.807) is 6.92 Å². The number of Topliss-reactive ketones (excluding diaryl/α,β-unsaturated/α-hetero) is 1. The zero-order chi connectivity index (χ0) is 16.9. The molecule has 0 bridgehead atoms. The zero-order valence-electron chi connectivity index (χ0n) is 13.9. The maximum atomic E-state index is 12.8. The zero-order valence-corrected chi connectivity index (χ0v) is 13.9. The number of carbonyl (C=O) groups is 2. The van der Waals surface area contributed by atoms with Gasteiger partial charge >= 0.3 is 0 Å². The third-order valence-corrected chi connectivity index (χ3v) is 4.32. The molecular weight excluding hydrogens is 300 g/mol.